The van der Waals surface area contributed by atoms with Gasteiger partial charge in [-0.15, -0.1) is 9.24 Å². The van der Waals surface area contributed by atoms with E-state index in [1.807, 2.05) is 29.2 Å². The zero-order valence-corrected chi connectivity index (χ0v) is 16.4. The summed E-state index contributed by atoms with van der Waals surface area (Å²) >= 11 is 0. The highest BCUT2D eigenvalue weighted by atomic mass is 31.0. The van der Waals surface area contributed by atoms with E-state index < -0.39 is 0 Å². The van der Waals surface area contributed by atoms with Gasteiger partial charge in [-0.1, -0.05) is 59.1 Å². The molecule has 1 rings (SSSR count). The highest BCUT2D eigenvalue weighted by Gasteiger charge is 2.18. The van der Waals surface area contributed by atoms with Crippen molar-refractivity contribution in [3.05, 3.63) is 24.3 Å². The van der Waals surface area contributed by atoms with E-state index in [0.717, 1.165) is 23.3 Å². The van der Waals surface area contributed by atoms with E-state index in [1.54, 1.807) is 6.92 Å². The summed E-state index contributed by atoms with van der Waals surface area (Å²) in [5, 5.41) is 1.11. The topological polar surface area (TPSA) is 20.3 Å². The number of carbonyl (C=O) groups excluding carboxylic acids is 1. The van der Waals surface area contributed by atoms with E-state index in [0.29, 0.717) is 0 Å². The first-order chi connectivity index (χ1) is 10.3. The SMILES string of the molecule is CC(C)C.CCCCCC(C)N(C(C)=O)c1cccc(P)c1. The molecule has 0 aliphatic heterocycles. The normalized spacial score (nSPS) is 11.6. The lowest BCUT2D eigenvalue weighted by atomic mass is 10.1. The molecule has 1 aromatic carbocycles. The van der Waals surface area contributed by atoms with Crippen molar-refractivity contribution in [2.24, 2.45) is 5.92 Å². The van der Waals surface area contributed by atoms with E-state index in [4.69, 9.17) is 0 Å². The minimum absolute atomic E-state index is 0.120. The zero-order chi connectivity index (χ0) is 17.1. The highest BCUT2D eigenvalue weighted by molar-refractivity contribution is 7.27. The van der Waals surface area contributed by atoms with Gasteiger partial charge in [0.05, 0.1) is 0 Å². The second-order valence-electron chi connectivity index (χ2n) is 6.56. The molecule has 0 aliphatic carbocycles. The van der Waals surface area contributed by atoms with Crippen molar-refractivity contribution < 1.29 is 4.79 Å². The van der Waals surface area contributed by atoms with Crippen molar-refractivity contribution in [2.45, 2.75) is 73.3 Å². The highest BCUT2D eigenvalue weighted by Crippen LogP contribution is 2.20. The molecule has 126 valence electrons. The molecule has 0 saturated heterocycles. The molecule has 0 aliphatic rings. The maximum atomic E-state index is 11.8. The average molecular weight is 323 g/mol. The molecule has 3 heteroatoms. The summed E-state index contributed by atoms with van der Waals surface area (Å²) in [4.78, 5) is 13.8. The zero-order valence-electron chi connectivity index (χ0n) is 15.2. The number of nitrogens with zero attached hydrogens (tertiary/aromatic N) is 1. The molecule has 0 N–H and O–H groups in total. The molecule has 2 nitrogen and oxygen atoms in total. The van der Waals surface area contributed by atoms with Crippen molar-refractivity contribution in [3.63, 3.8) is 0 Å². The second-order valence-corrected chi connectivity index (χ2v) is 7.23. The van der Waals surface area contributed by atoms with Gasteiger partial charge in [-0.25, -0.2) is 0 Å². The largest absolute Gasteiger partial charge is 0.310 e. The van der Waals surface area contributed by atoms with Gasteiger partial charge in [-0.05, 0) is 36.7 Å². The molecular formula is C19H34NOP. The fourth-order valence-corrected chi connectivity index (χ4v) is 2.52. The van der Waals surface area contributed by atoms with Gasteiger partial charge in [0.15, 0.2) is 0 Å². The number of hydrogen-bond acceptors (Lipinski definition) is 1. The van der Waals surface area contributed by atoms with Crippen LogP contribution in [0.2, 0.25) is 0 Å². The van der Waals surface area contributed by atoms with Crippen molar-refractivity contribution in [2.75, 3.05) is 4.90 Å². The molecule has 1 aromatic rings. The van der Waals surface area contributed by atoms with Gasteiger partial charge in [0.2, 0.25) is 5.91 Å². The number of rotatable bonds is 6. The Labute approximate surface area is 139 Å². The van der Waals surface area contributed by atoms with Crippen LogP contribution in [0.15, 0.2) is 24.3 Å². The number of anilines is 1. The smallest absolute Gasteiger partial charge is 0.224 e. The Kier molecular flexibility index (Phi) is 11.2. The third-order valence-corrected chi connectivity index (χ3v) is 3.51. The van der Waals surface area contributed by atoms with Gasteiger partial charge in [0.25, 0.3) is 0 Å². The van der Waals surface area contributed by atoms with E-state index in [-0.39, 0.29) is 11.9 Å². The van der Waals surface area contributed by atoms with Crippen LogP contribution >= 0.6 is 9.24 Å². The third-order valence-electron chi connectivity index (χ3n) is 3.15. The molecule has 0 aromatic heterocycles. The van der Waals surface area contributed by atoms with E-state index in [2.05, 4.69) is 43.9 Å². The predicted octanol–water partition coefficient (Wildman–Crippen LogP) is 5.17. The molecule has 0 fully saturated rings. The number of hydrogen-bond donors (Lipinski definition) is 0. The van der Waals surface area contributed by atoms with Crippen LogP contribution in [0.5, 0.6) is 0 Å². The summed E-state index contributed by atoms with van der Waals surface area (Å²) in [6, 6.07) is 8.33. The van der Waals surface area contributed by atoms with Crippen LogP contribution in [0, 0.1) is 5.92 Å². The lowest BCUT2D eigenvalue weighted by Gasteiger charge is -2.28. The van der Waals surface area contributed by atoms with Gasteiger partial charge in [0, 0.05) is 18.7 Å². The van der Waals surface area contributed by atoms with Crippen LogP contribution in [0.4, 0.5) is 5.69 Å². The van der Waals surface area contributed by atoms with Crippen molar-refractivity contribution in [1.29, 1.82) is 0 Å². The van der Waals surface area contributed by atoms with Crippen LogP contribution in [0.1, 0.15) is 67.2 Å². The third kappa shape index (κ3) is 9.20. The van der Waals surface area contributed by atoms with E-state index in [9.17, 15) is 4.79 Å². The maximum absolute atomic E-state index is 11.8. The Morgan fingerprint density at radius 1 is 1.18 bits per heavy atom. The van der Waals surface area contributed by atoms with Crippen molar-refractivity contribution >= 4 is 26.1 Å². The standard InChI is InChI=1S/C15H24NOP.C4H10/c1-4-5-6-8-12(2)16(13(3)17)14-9-7-10-15(18)11-14;1-4(2)3/h7,9-12H,4-6,8,18H2,1-3H3;4H,1-3H3. The summed E-state index contributed by atoms with van der Waals surface area (Å²) < 4.78 is 0. The van der Waals surface area contributed by atoms with Crippen molar-refractivity contribution in [1.82, 2.24) is 0 Å². The summed E-state index contributed by atoms with van der Waals surface area (Å²) in [6.07, 6.45) is 4.70. The molecule has 0 bridgehead atoms. The molecular weight excluding hydrogens is 289 g/mol. The van der Waals surface area contributed by atoms with Gasteiger partial charge in [-0.3, -0.25) is 4.79 Å². The van der Waals surface area contributed by atoms with Crippen LogP contribution < -0.4 is 10.2 Å². The lowest BCUT2D eigenvalue weighted by molar-refractivity contribution is -0.117. The fourth-order valence-electron chi connectivity index (χ4n) is 2.24. The van der Waals surface area contributed by atoms with Gasteiger partial charge >= 0.3 is 0 Å². The molecule has 0 spiro atoms. The van der Waals surface area contributed by atoms with Gasteiger partial charge in [0.1, 0.15) is 0 Å². The lowest BCUT2D eigenvalue weighted by Crippen LogP contribution is -2.37. The Bertz CT molecular complexity index is 428. The Morgan fingerprint density at radius 3 is 2.23 bits per heavy atom. The molecule has 0 saturated carbocycles. The van der Waals surface area contributed by atoms with Crippen molar-refractivity contribution in [3.8, 4) is 0 Å². The summed E-state index contributed by atoms with van der Waals surface area (Å²) in [5.74, 6) is 0.953. The van der Waals surface area contributed by atoms with E-state index >= 15 is 0 Å². The number of amides is 1. The number of benzene rings is 1. The molecule has 2 atom stereocenters. The minimum atomic E-state index is 0.120. The quantitative estimate of drug-likeness (QED) is 0.522. The summed E-state index contributed by atoms with van der Waals surface area (Å²) in [6.45, 7) is 12.5. The molecule has 0 heterocycles. The van der Waals surface area contributed by atoms with Gasteiger partial charge < -0.3 is 4.90 Å². The average Bonchev–Trinajstić information content (AvgIpc) is 2.38. The first-order valence-electron chi connectivity index (χ1n) is 8.44. The predicted molar refractivity (Wildman–Crippen MR) is 103 cm³/mol. The summed E-state index contributed by atoms with van der Waals surface area (Å²) in [5.41, 5.74) is 0.999. The Hall–Kier alpha value is -0.880. The molecule has 0 radical (unpaired) electrons. The van der Waals surface area contributed by atoms with Crippen LogP contribution in [-0.2, 0) is 4.79 Å². The fraction of sp³-hybridized carbons (Fsp3) is 0.632. The number of carbonyl (C=O) groups is 1. The van der Waals surface area contributed by atoms with Gasteiger partial charge in [-0.2, -0.15) is 0 Å². The Morgan fingerprint density at radius 2 is 1.77 bits per heavy atom. The summed E-state index contributed by atoms with van der Waals surface area (Å²) in [7, 11) is 2.68. The molecule has 22 heavy (non-hydrogen) atoms. The minimum Gasteiger partial charge on any atom is -0.310 e. The molecule has 2 unspecified atom stereocenters. The molecule has 1 amide bonds. The first-order valence-corrected chi connectivity index (χ1v) is 9.02. The second kappa shape index (κ2) is 11.7. The van der Waals surface area contributed by atoms with E-state index in [1.165, 1.54) is 19.3 Å². The van der Waals surface area contributed by atoms with Crippen LogP contribution in [-0.4, -0.2) is 11.9 Å². The first kappa shape index (κ1) is 21.1. The van der Waals surface area contributed by atoms with Crippen LogP contribution in [0.25, 0.3) is 0 Å². The Balaban J connectivity index is 0.000000980. The van der Waals surface area contributed by atoms with Crippen LogP contribution in [0.3, 0.4) is 0 Å². The monoisotopic (exact) mass is 323 g/mol. The number of unbranched alkanes of at least 4 members (excludes halogenated alkanes) is 2. The maximum Gasteiger partial charge on any atom is 0.224 e.